The standard InChI is InChI=1S/C21H18ClF3N4O3/c1-10-4-13(5-11(2)17(10)31-12(3)9-30)18-27-20(32-28-18)16-8-29-7-14(21(23,24)25)6-15(22)19(29)26-16/h4-8,12,30H,9H2,1-3H3. The molecule has 0 aliphatic carbocycles. The van der Waals surface area contributed by atoms with Crippen LogP contribution in [-0.4, -0.2) is 37.3 Å². The van der Waals surface area contributed by atoms with E-state index in [9.17, 15) is 18.3 Å². The fourth-order valence-electron chi connectivity index (χ4n) is 3.26. The van der Waals surface area contributed by atoms with Gasteiger partial charge in [0.2, 0.25) is 5.82 Å². The summed E-state index contributed by atoms with van der Waals surface area (Å²) >= 11 is 5.99. The van der Waals surface area contributed by atoms with Crippen molar-refractivity contribution in [2.45, 2.75) is 33.1 Å². The van der Waals surface area contributed by atoms with E-state index >= 15 is 0 Å². The highest BCUT2D eigenvalue weighted by molar-refractivity contribution is 6.33. The minimum atomic E-state index is -4.54. The number of pyridine rings is 1. The van der Waals surface area contributed by atoms with Gasteiger partial charge in [0.15, 0.2) is 5.65 Å². The first-order valence-corrected chi connectivity index (χ1v) is 9.93. The van der Waals surface area contributed by atoms with Crippen molar-refractivity contribution in [1.29, 1.82) is 0 Å². The normalized spacial score (nSPS) is 13.0. The van der Waals surface area contributed by atoms with Gasteiger partial charge >= 0.3 is 6.18 Å². The summed E-state index contributed by atoms with van der Waals surface area (Å²) in [6, 6.07) is 4.45. The van der Waals surface area contributed by atoms with Gasteiger partial charge in [-0.1, -0.05) is 16.8 Å². The third kappa shape index (κ3) is 4.15. The quantitative estimate of drug-likeness (QED) is 0.440. The second-order valence-electron chi connectivity index (χ2n) is 7.40. The Labute approximate surface area is 185 Å². The third-order valence-corrected chi connectivity index (χ3v) is 5.05. The van der Waals surface area contributed by atoms with E-state index in [2.05, 4.69) is 15.1 Å². The average Bonchev–Trinajstić information content (AvgIpc) is 3.37. The Hall–Kier alpha value is -3.11. The second-order valence-corrected chi connectivity index (χ2v) is 7.81. The summed E-state index contributed by atoms with van der Waals surface area (Å²) in [7, 11) is 0. The van der Waals surface area contributed by atoms with E-state index in [0.29, 0.717) is 11.3 Å². The van der Waals surface area contributed by atoms with Gasteiger partial charge in [0, 0.05) is 18.0 Å². The molecule has 0 spiro atoms. The van der Waals surface area contributed by atoms with E-state index < -0.39 is 11.7 Å². The summed E-state index contributed by atoms with van der Waals surface area (Å²) in [6.07, 6.45) is -2.65. The van der Waals surface area contributed by atoms with E-state index in [1.165, 1.54) is 10.6 Å². The van der Waals surface area contributed by atoms with Crippen molar-refractivity contribution in [2.75, 3.05) is 6.61 Å². The molecule has 0 aliphatic rings. The minimum Gasteiger partial charge on any atom is -0.488 e. The smallest absolute Gasteiger partial charge is 0.417 e. The molecule has 0 aliphatic heterocycles. The number of nitrogens with zero attached hydrogens (tertiary/aromatic N) is 4. The summed E-state index contributed by atoms with van der Waals surface area (Å²) in [5.74, 6) is 0.986. The summed E-state index contributed by atoms with van der Waals surface area (Å²) in [5, 5.41) is 13.0. The molecule has 1 N–H and O–H groups in total. The van der Waals surface area contributed by atoms with E-state index in [-0.39, 0.29) is 40.8 Å². The number of aliphatic hydroxyl groups excluding tert-OH is 1. The molecule has 4 aromatic rings. The molecule has 0 amide bonds. The number of halogens is 4. The summed E-state index contributed by atoms with van der Waals surface area (Å²) < 4.78 is 51.4. The monoisotopic (exact) mass is 466 g/mol. The first-order chi connectivity index (χ1) is 15.1. The van der Waals surface area contributed by atoms with E-state index in [4.69, 9.17) is 20.9 Å². The molecule has 32 heavy (non-hydrogen) atoms. The topological polar surface area (TPSA) is 85.7 Å². The zero-order chi connectivity index (χ0) is 23.2. The van der Waals surface area contributed by atoms with Crippen molar-refractivity contribution < 1.29 is 27.5 Å². The molecule has 11 heteroatoms. The van der Waals surface area contributed by atoms with Crippen LogP contribution in [0.5, 0.6) is 5.75 Å². The number of fused-ring (bicyclic) bond motifs is 1. The van der Waals surface area contributed by atoms with Crippen molar-refractivity contribution in [3.05, 3.63) is 52.3 Å². The molecule has 0 saturated carbocycles. The average molecular weight is 467 g/mol. The number of hydrogen-bond donors (Lipinski definition) is 1. The number of ether oxygens (including phenoxy) is 1. The first-order valence-electron chi connectivity index (χ1n) is 9.55. The van der Waals surface area contributed by atoms with E-state index in [0.717, 1.165) is 23.4 Å². The van der Waals surface area contributed by atoms with Crippen LogP contribution in [0.1, 0.15) is 23.6 Å². The van der Waals surface area contributed by atoms with E-state index in [1.54, 1.807) is 6.92 Å². The maximum atomic E-state index is 13.0. The van der Waals surface area contributed by atoms with Gasteiger partial charge in [-0.2, -0.15) is 18.2 Å². The Morgan fingerprint density at radius 2 is 1.84 bits per heavy atom. The number of aromatic nitrogens is 4. The van der Waals surface area contributed by atoms with E-state index in [1.807, 2.05) is 26.0 Å². The fourth-order valence-corrected chi connectivity index (χ4v) is 3.52. The maximum absolute atomic E-state index is 13.0. The summed E-state index contributed by atoms with van der Waals surface area (Å²) in [4.78, 5) is 8.56. The highest BCUT2D eigenvalue weighted by atomic mass is 35.5. The lowest BCUT2D eigenvalue weighted by Gasteiger charge is -2.17. The Balaban J connectivity index is 1.68. The molecule has 1 unspecified atom stereocenters. The number of benzene rings is 1. The van der Waals surface area contributed by atoms with Crippen LogP contribution in [0.4, 0.5) is 13.2 Å². The summed E-state index contributed by atoms with van der Waals surface area (Å²) in [6.45, 7) is 5.37. The highest BCUT2D eigenvalue weighted by Crippen LogP contribution is 2.34. The largest absolute Gasteiger partial charge is 0.488 e. The number of imidazole rings is 1. The second kappa shape index (κ2) is 8.10. The molecule has 1 aromatic carbocycles. The number of aryl methyl sites for hydroxylation is 2. The molecular formula is C21H18ClF3N4O3. The fraction of sp³-hybridized carbons (Fsp3) is 0.286. The summed E-state index contributed by atoms with van der Waals surface area (Å²) in [5.41, 5.74) is 1.75. The minimum absolute atomic E-state index is 0.0397. The molecule has 4 rings (SSSR count). The molecule has 3 heterocycles. The zero-order valence-electron chi connectivity index (χ0n) is 17.2. The SMILES string of the molecule is Cc1cc(-c2noc(-c3cn4cc(C(F)(F)F)cc(Cl)c4n3)n2)cc(C)c1OC(C)CO. The Kier molecular flexibility index (Phi) is 5.59. The number of alkyl halides is 3. The predicted octanol–water partition coefficient (Wildman–Crippen LogP) is 5.10. The van der Waals surface area contributed by atoms with Crippen LogP contribution >= 0.6 is 11.6 Å². The Bertz CT molecular complexity index is 1280. The van der Waals surface area contributed by atoms with Crippen LogP contribution in [0.15, 0.2) is 35.1 Å². The van der Waals surface area contributed by atoms with Gasteiger partial charge in [-0.05, 0) is 50.1 Å². The Morgan fingerprint density at radius 1 is 1.16 bits per heavy atom. The van der Waals surface area contributed by atoms with Gasteiger partial charge in [0.05, 0.1) is 17.2 Å². The van der Waals surface area contributed by atoms with Gasteiger partial charge in [0.1, 0.15) is 17.5 Å². The van der Waals surface area contributed by atoms with Gasteiger partial charge in [0.25, 0.3) is 5.89 Å². The molecule has 7 nitrogen and oxygen atoms in total. The molecule has 0 saturated heterocycles. The number of aliphatic hydroxyl groups is 1. The van der Waals surface area contributed by atoms with Gasteiger partial charge in [-0.3, -0.25) is 0 Å². The number of rotatable bonds is 5. The van der Waals surface area contributed by atoms with Crippen LogP contribution in [0.3, 0.4) is 0 Å². The van der Waals surface area contributed by atoms with Crippen LogP contribution in [0, 0.1) is 13.8 Å². The lowest BCUT2D eigenvalue weighted by atomic mass is 10.1. The molecule has 0 radical (unpaired) electrons. The van der Waals surface area contributed by atoms with Crippen molar-refractivity contribution in [2.24, 2.45) is 0 Å². The Morgan fingerprint density at radius 3 is 2.47 bits per heavy atom. The van der Waals surface area contributed by atoms with Crippen LogP contribution in [0.2, 0.25) is 5.02 Å². The molecule has 0 fully saturated rings. The van der Waals surface area contributed by atoms with Crippen LogP contribution in [-0.2, 0) is 6.18 Å². The van der Waals surface area contributed by atoms with Gasteiger partial charge in [-0.15, -0.1) is 0 Å². The maximum Gasteiger partial charge on any atom is 0.417 e. The zero-order valence-corrected chi connectivity index (χ0v) is 18.0. The van der Waals surface area contributed by atoms with Gasteiger partial charge in [-0.25, -0.2) is 4.98 Å². The van der Waals surface area contributed by atoms with Crippen molar-refractivity contribution in [3.63, 3.8) is 0 Å². The van der Waals surface area contributed by atoms with Crippen LogP contribution in [0.25, 0.3) is 28.6 Å². The molecule has 3 aromatic heterocycles. The number of hydrogen-bond acceptors (Lipinski definition) is 6. The van der Waals surface area contributed by atoms with Crippen LogP contribution < -0.4 is 4.74 Å². The van der Waals surface area contributed by atoms with Crippen molar-refractivity contribution in [3.8, 4) is 28.7 Å². The lowest BCUT2D eigenvalue weighted by Crippen LogP contribution is -2.17. The lowest BCUT2D eigenvalue weighted by molar-refractivity contribution is -0.137. The molecule has 0 bridgehead atoms. The highest BCUT2D eigenvalue weighted by Gasteiger charge is 2.32. The predicted molar refractivity (Wildman–Crippen MR) is 111 cm³/mol. The van der Waals surface area contributed by atoms with Crippen molar-refractivity contribution >= 4 is 17.2 Å². The molecular weight excluding hydrogens is 449 g/mol. The first kappa shape index (κ1) is 22.1. The third-order valence-electron chi connectivity index (χ3n) is 4.77. The molecule has 168 valence electrons. The van der Waals surface area contributed by atoms with Gasteiger partial charge < -0.3 is 18.8 Å². The molecule has 1 atom stereocenters. The van der Waals surface area contributed by atoms with Crippen molar-refractivity contribution in [1.82, 2.24) is 19.5 Å².